The molecule has 0 spiro atoms. The largest absolute Gasteiger partial charge is 0.394 e. The number of nitrogens with one attached hydrogen (secondary N) is 1. The highest BCUT2D eigenvalue weighted by Crippen LogP contribution is 2.23. The first-order valence-electron chi connectivity index (χ1n) is 11.7. The van der Waals surface area contributed by atoms with Crippen molar-refractivity contribution in [2.75, 3.05) is 53.0 Å². The quantitative estimate of drug-likeness (QED) is 0.295. The molecule has 0 aliphatic carbocycles. The highest BCUT2D eigenvalue weighted by molar-refractivity contribution is 6.42. The van der Waals surface area contributed by atoms with Gasteiger partial charge in [-0.3, -0.25) is 9.69 Å². The summed E-state index contributed by atoms with van der Waals surface area (Å²) in [5, 5.41) is 13.2. The number of aliphatic hydroxyl groups is 1. The SMILES string of the molecule is C=C(/C=C\C=C/C)[C@@H](CN1CC[C@H](NCCOCCO)C1)N(C)C(=O)Cc1ccc(Cl)c(Cl)c1. The van der Waals surface area contributed by atoms with Gasteiger partial charge >= 0.3 is 0 Å². The van der Waals surface area contributed by atoms with Crippen molar-refractivity contribution >= 4 is 29.1 Å². The molecular formula is C26H37Cl2N3O3. The van der Waals surface area contributed by atoms with E-state index in [2.05, 4.69) is 16.8 Å². The molecule has 8 heteroatoms. The highest BCUT2D eigenvalue weighted by atomic mass is 35.5. The van der Waals surface area contributed by atoms with E-state index < -0.39 is 0 Å². The summed E-state index contributed by atoms with van der Waals surface area (Å²) in [6.45, 7) is 10.5. The van der Waals surface area contributed by atoms with E-state index in [9.17, 15) is 4.79 Å². The lowest BCUT2D eigenvalue weighted by Crippen LogP contribution is -2.46. The van der Waals surface area contributed by atoms with Gasteiger partial charge in [0.15, 0.2) is 0 Å². The molecule has 0 bridgehead atoms. The van der Waals surface area contributed by atoms with Gasteiger partial charge in [-0.15, -0.1) is 0 Å². The molecule has 0 saturated carbocycles. The predicted molar refractivity (Wildman–Crippen MR) is 141 cm³/mol. The van der Waals surface area contributed by atoms with Gasteiger partial charge in [-0.1, -0.05) is 60.2 Å². The number of nitrogens with zero attached hydrogens (tertiary/aromatic N) is 2. The van der Waals surface area contributed by atoms with Crippen molar-refractivity contribution in [3.05, 3.63) is 70.3 Å². The predicted octanol–water partition coefficient (Wildman–Crippen LogP) is 3.72. The Morgan fingerprint density at radius 1 is 1.35 bits per heavy atom. The Labute approximate surface area is 213 Å². The second-order valence-corrected chi connectivity index (χ2v) is 9.26. The van der Waals surface area contributed by atoms with Gasteiger partial charge in [0, 0.05) is 32.7 Å². The topological polar surface area (TPSA) is 65.0 Å². The first-order valence-corrected chi connectivity index (χ1v) is 12.4. The molecule has 1 saturated heterocycles. The third kappa shape index (κ3) is 9.53. The van der Waals surface area contributed by atoms with E-state index in [0.717, 1.165) is 37.2 Å². The minimum absolute atomic E-state index is 0.00104. The van der Waals surface area contributed by atoms with Gasteiger partial charge in [0.25, 0.3) is 0 Å². The Morgan fingerprint density at radius 3 is 2.85 bits per heavy atom. The van der Waals surface area contributed by atoms with Gasteiger partial charge in [0.2, 0.25) is 5.91 Å². The highest BCUT2D eigenvalue weighted by Gasteiger charge is 2.28. The zero-order chi connectivity index (χ0) is 24.9. The third-order valence-electron chi connectivity index (χ3n) is 5.86. The maximum Gasteiger partial charge on any atom is 0.227 e. The average molecular weight is 511 g/mol. The maximum atomic E-state index is 13.2. The van der Waals surface area contributed by atoms with Crippen molar-refractivity contribution in [1.82, 2.24) is 15.1 Å². The molecule has 6 nitrogen and oxygen atoms in total. The first kappa shape index (κ1) is 28.6. The molecule has 1 amide bonds. The number of ether oxygens (including phenoxy) is 1. The molecule has 0 aromatic heterocycles. The Balaban J connectivity index is 2.00. The molecule has 1 aliphatic rings. The minimum Gasteiger partial charge on any atom is -0.394 e. The molecule has 1 aliphatic heterocycles. The van der Waals surface area contributed by atoms with E-state index in [1.54, 1.807) is 17.0 Å². The van der Waals surface area contributed by atoms with E-state index in [1.807, 2.05) is 44.3 Å². The number of aliphatic hydroxyl groups excluding tert-OH is 1. The Morgan fingerprint density at radius 2 is 2.15 bits per heavy atom. The summed E-state index contributed by atoms with van der Waals surface area (Å²) in [4.78, 5) is 17.3. The van der Waals surface area contributed by atoms with Crippen LogP contribution < -0.4 is 5.32 Å². The Bertz CT molecular complexity index is 860. The Hall–Kier alpha value is -1.67. The van der Waals surface area contributed by atoms with Crippen LogP contribution in [0.1, 0.15) is 18.9 Å². The number of amides is 1. The van der Waals surface area contributed by atoms with Crippen LogP contribution in [0.15, 0.2) is 54.7 Å². The van der Waals surface area contributed by atoms with Crippen LogP contribution in [0.4, 0.5) is 0 Å². The summed E-state index contributed by atoms with van der Waals surface area (Å²) < 4.78 is 5.32. The smallest absolute Gasteiger partial charge is 0.227 e. The van der Waals surface area contributed by atoms with Gasteiger partial charge in [-0.05, 0) is 43.2 Å². The van der Waals surface area contributed by atoms with E-state index in [-0.39, 0.29) is 25.0 Å². The molecule has 0 radical (unpaired) electrons. The summed E-state index contributed by atoms with van der Waals surface area (Å²) in [7, 11) is 1.84. The van der Waals surface area contributed by atoms with Crippen LogP contribution >= 0.6 is 23.2 Å². The molecule has 0 unspecified atom stereocenters. The number of halogens is 2. The van der Waals surface area contributed by atoms with Crippen LogP contribution in [-0.2, 0) is 16.0 Å². The van der Waals surface area contributed by atoms with Gasteiger partial charge < -0.3 is 20.1 Å². The fourth-order valence-electron chi connectivity index (χ4n) is 3.92. The standard InChI is InChI=1S/C26H37Cl2N3O3/c1-4-5-6-7-20(2)25(19-31-12-10-22(18-31)29-11-14-34-15-13-32)30(3)26(33)17-21-8-9-23(27)24(28)16-21/h4-9,16,22,25,29,32H,2,10-15,17-19H2,1,3H3/b5-4-,7-6-/t22-,25+/m0/s1. The molecule has 34 heavy (non-hydrogen) atoms. The number of allylic oxidation sites excluding steroid dienone is 3. The molecule has 2 rings (SSSR count). The number of hydrogen-bond donors (Lipinski definition) is 2. The van der Waals surface area contributed by atoms with Crippen molar-refractivity contribution in [3.63, 3.8) is 0 Å². The van der Waals surface area contributed by atoms with Gasteiger partial charge in [0.05, 0.1) is 42.3 Å². The number of carbonyl (C=O) groups is 1. The van der Waals surface area contributed by atoms with Crippen LogP contribution in [0.3, 0.4) is 0 Å². The van der Waals surface area contributed by atoms with Crippen LogP contribution in [0.2, 0.25) is 10.0 Å². The molecule has 1 aromatic rings. The fourth-order valence-corrected chi connectivity index (χ4v) is 4.24. The number of rotatable bonds is 14. The molecule has 1 aromatic carbocycles. The zero-order valence-electron chi connectivity index (χ0n) is 20.2. The average Bonchev–Trinajstić information content (AvgIpc) is 3.26. The van der Waals surface area contributed by atoms with Crippen molar-refractivity contribution in [1.29, 1.82) is 0 Å². The molecule has 2 N–H and O–H groups in total. The lowest BCUT2D eigenvalue weighted by molar-refractivity contribution is -0.130. The number of benzene rings is 1. The summed E-state index contributed by atoms with van der Waals surface area (Å²) in [6.07, 6.45) is 9.11. The van der Waals surface area contributed by atoms with Crippen molar-refractivity contribution in [3.8, 4) is 0 Å². The number of likely N-dealkylation sites (N-methyl/N-ethyl adjacent to an activating group) is 1. The van der Waals surface area contributed by atoms with E-state index in [0.29, 0.717) is 35.8 Å². The summed E-state index contributed by atoms with van der Waals surface area (Å²) in [6, 6.07) is 5.52. The molecule has 188 valence electrons. The summed E-state index contributed by atoms with van der Waals surface area (Å²) in [5.41, 5.74) is 1.71. The van der Waals surface area contributed by atoms with Crippen LogP contribution in [0.25, 0.3) is 0 Å². The van der Waals surface area contributed by atoms with Gasteiger partial charge in [-0.25, -0.2) is 0 Å². The first-order chi connectivity index (χ1) is 16.3. The van der Waals surface area contributed by atoms with Crippen molar-refractivity contribution < 1.29 is 14.6 Å². The van der Waals surface area contributed by atoms with Crippen LogP contribution in [0.5, 0.6) is 0 Å². The second kappa shape index (κ2) is 15.4. The number of hydrogen-bond acceptors (Lipinski definition) is 5. The molecule has 1 fully saturated rings. The molecule has 1 heterocycles. The van der Waals surface area contributed by atoms with Gasteiger partial charge in [0.1, 0.15) is 0 Å². The minimum atomic E-state index is -0.150. The summed E-state index contributed by atoms with van der Waals surface area (Å²) in [5.74, 6) is -0.00104. The van der Waals surface area contributed by atoms with E-state index in [1.165, 1.54) is 0 Å². The van der Waals surface area contributed by atoms with E-state index in [4.69, 9.17) is 33.0 Å². The third-order valence-corrected chi connectivity index (χ3v) is 6.60. The van der Waals surface area contributed by atoms with Crippen molar-refractivity contribution in [2.24, 2.45) is 0 Å². The summed E-state index contributed by atoms with van der Waals surface area (Å²) >= 11 is 12.1. The lowest BCUT2D eigenvalue weighted by Gasteiger charge is -2.32. The zero-order valence-corrected chi connectivity index (χ0v) is 21.7. The van der Waals surface area contributed by atoms with Crippen LogP contribution in [-0.4, -0.2) is 85.9 Å². The monoisotopic (exact) mass is 509 g/mol. The molecular weight excluding hydrogens is 473 g/mol. The normalized spacial score (nSPS) is 17.6. The second-order valence-electron chi connectivity index (χ2n) is 8.44. The molecule has 2 atom stereocenters. The fraction of sp³-hybridized carbons (Fsp3) is 0.500. The number of carbonyl (C=O) groups excluding carboxylic acids is 1. The van der Waals surface area contributed by atoms with Gasteiger partial charge in [-0.2, -0.15) is 0 Å². The lowest BCUT2D eigenvalue weighted by atomic mass is 10.0. The maximum absolute atomic E-state index is 13.2. The number of likely N-dealkylation sites (tertiary alicyclic amines) is 1. The van der Waals surface area contributed by atoms with Crippen LogP contribution in [0, 0.1) is 0 Å². The van der Waals surface area contributed by atoms with Crippen molar-refractivity contribution in [2.45, 2.75) is 31.8 Å². The Kier molecular flexibility index (Phi) is 12.9. The van der Waals surface area contributed by atoms with E-state index >= 15 is 0 Å².